The number of amides is 1. The molecule has 8 nitrogen and oxygen atoms in total. The minimum atomic E-state index is -3.93. The summed E-state index contributed by atoms with van der Waals surface area (Å²) < 4.78 is 33.5. The van der Waals surface area contributed by atoms with Crippen molar-refractivity contribution in [3.05, 3.63) is 64.4 Å². The predicted molar refractivity (Wildman–Crippen MR) is 127 cm³/mol. The fourth-order valence-corrected chi connectivity index (χ4v) is 4.58. The van der Waals surface area contributed by atoms with Gasteiger partial charge in [-0.15, -0.1) is 11.8 Å². The zero-order chi connectivity index (χ0) is 23.1. The second-order valence-electron chi connectivity index (χ2n) is 6.88. The van der Waals surface area contributed by atoms with Gasteiger partial charge in [-0.2, -0.15) is 0 Å². The van der Waals surface area contributed by atoms with Gasteiger partial charge in [0.15, 0.2) is 0 Å². The summed E-state index contributed by atoms with van der Waals surface area (Å²) in [4.78, 5) is 29.1. The number of hydrogen-bond acceptors (Lipinski definition) is 6. The van der Waals surface area contributed by atoms with E-state index >= 15 is 0 Å². The normalized spacial score (nSPS) is 11.4. The van der Waals surface area contributed by atoms with Crippen LogP contribution in [-0.4, -0.2) is 45.3 Å². The smallest absolute Gasteiger partial charge is 0.261 e. The van der Waals surface area contributed by atoms with Gasteiger partial charge in [0.1, 0.15) is 5.56 Å². The number of rotatable bonds is 10. The molecule has 3 N–H and O–H groups in total. The van der Waals surface area contributed by atoms with Crippen LogP contribution in [0, 0.1) is 0 Å². The Morgan fingerprint density at radius 3 is 2.75 bits per heavy atom. The van der Waals surface area contributed by atoms with Gasteiger partial charge in [0.25, 0.3) is 15.9 Å². The van der Waals surface area contributed by atoms with E-state index in [0.717, 1.165) is 4.90 Å². The van der Waals surface area contributed by atoms with Crippen molar-refractivity contribution in [3.8, 4) is 0 Å². The molecule has 0 saturated heterocycles. The SMILES string of the molecule is CCOCCCNC(=O)c1c[nH]c2ccc(S(=O)(=O)Nc3cccc(SC)c3)cc2c1=O. The summed E-state index contributed by atoms with van der Waals surface area (Å²) in [5.41, 5.74) is 0.240. The summed E-state index contributed by atoms with van der Waals surface area (Å²) in [6.07, 6.45) is 3.86. The minimum absolute atomic E-state index is 0.0701. The molecule has 0 bridgehead atoms. The first-order valence-electron chi connectivity index (χ1n) is 10.0. The first-order chi connectivity index (χ1) is 15.4. The van der Waals surface area contributed by atoms with E-state index in [1.165, 1.54) is 36.2 Å². The van der Waals surface area contributed by atoms with E-state index in [2.05, 4.69) is 15.0 Å². The van der Waals surface area contributed by atoms with Crippen molar-refractivity contribution >= 4 is 44.3 Å². The number of fused-ring (bicyclic) bond motifs is 1. The molecule has 1 heterocycles. The Hall–Kier alpha value is -2.82. The summed E-state index contributed by atoms with van der Waals surface area (Å²) in [6, 6.07) is 11.2. The Morgan fingerprint density at radius 1 is 1.19 bits per heavy atom. The van der Waals surface area contributed by atoms with E-state index in [1.54, 1.807) is 18.2 Å². The molecule has 0 atom stereocenters. The fraction of sp³-hybridized carbons (Fsp3) is 0.273. The molecule has 1 aromatic heterocycles. The maximum atomic E-state index is 12.9. The van der Waals surface area contributed by atoms with Gasteiger partial charge in [-0.25, -0.2) is 8.42 Å². The van der Waals surface area contributed by atoms with Crippen molar-refractivity contribution in [2.45, 2.75) is 23.1 Å². The van der Waals surface area contributed by atoms with Crippen LogP contribution in [0.25, 0.3) is 10.9 Å². The first-order valence-corrected chi connectivity index (χ1v) is 12.7. The van der Waals surface area contributed by atoms with Crippen molar-refractivity contribution in [2.75, 3.05) is 30.7 Å². The molecule has 1 amide bonds. The van der Waals surface area contributed by atoms with E-state index in [9.17, 15) is 18.0 Å². The van der Waals surface area contributed by atoms with E-state index in [-0.39, 0.29) is 15.8 Å². The number of thioether (sulfide) groups is 1. The van der Waals surface area contributed by atoms with Crippen molar-refractivity contribution in [2.24, 2.45) is 0 Å². The lowest BCUT2D eigenvalue weighted by Crippen LogP contribution is -2.30. The van der Waals surface area contributed by atoms with Crippen LogP contribution in [0.1, 0.15) is 23.7 Å². The number of H-pyrrole nitrogens is 1. The van der Waals surface area contributed by atoms with Crippen molar-refractivity contribution in [1.82, 2.24) is 10.3 Å². The Kier molecular flexibility index (Phi) is 7.94. The third kappa shape index (κ3) is 5.70. The number of ether oxygens (including phenoxy) is 1. The number of benzene rings is 2. The average molecular weight is 476 g/mol. The van der Waals surface area contributed by atoms with Gasteiger partial charge in [0, 0.05) is 47.4 Å². The van der Waals surface area contributed by atoms with Crippen molar-refractivity contribution in [1.29, 1.82) is 0 Å². The van der Waals surface area contributed by atoms with E-state index in [1.807, 2.05) is 19.2 Å². The largest absolute Gasteiger partial charge is 0.382 e. The maximum absolute atomic E-state index is 12.9. The highest BCUT2D eigenvalue weighted by Gasteiger charge is 2.18. The molecule has 10 heteroatoms. The molecule has 0 aliphatic rings. The summed E-state index contributed by atoms with van der Waals surface area (Å²) in [6.45, 7) is 3.36. The second kappa shape index (κ2) is 10.7. The Labute approximate surface area is 190 Å². The lowest BCUT2D eigenvalue weighted by atomic mass is 10.1. The zero-order valence-corrected chi connectivity index (χ0v) is 19.4. The van der Waals surface area contributed by atoms with E-state index < -0.39 is 21.4 Å². The molecule has 0 unspecified atom stereocenters. The van der Waals surface area contributed by atoms with E-state index in [4.69, 9.17) is 4.74 Å². The number of sulfonamides is 1. The molecule has 3 rings (SSSR count). The number of hydrogen-bond donors (Lipinski definition) is 3. The van der Waals surface area contributed by atoms with Gasteiger partial charge in [0.05, 0.1) is 4.90 Å². The summed E-state index contributed by atoms with van der Waals surface area (Å²) in [5.74, 6) is -0.523. The van der Waals surface area contributed by atoms with Gasteiger partial charge in [-0.3, -0.25) is 14.3 Å². The number of carbonyl (C=O) groups excluding carboxylic acids is 1. The minimum Gasteiger partial charge on any atom is -0.382 e. The van der Waals surface area contributed by atoms with Crippen LogP contribution < -0.4 is 15.5 Å². The topological polar surface area (TPSA) is 117 Å². The Morgan fingerprint density at radius 2 is 2.00 bits per heavy atom. The standard InChI is InChI=1S/C22H25N3O5S2/c1-3-30-11-5-10-23-22(27)19-14-24-20-9-8-17(13-18(20)21(19)26)32(28,29)25-15-6-4-7-16(12-15)31-2/h4,6-9,12-14,25H,3,5,10-11H2,1-2H3,(H,23,27)(H,24,26). The summed E-state index contributed by atoms with van der Waals surface area (Å²) in [5, 5.41) is 2.80. The zero-order valence-electron chi connectivity index (χ0n) is 17.8. The van der Waals surface area contributed by atoms with Crippen LogP contribution in [0.2, 0.25) is 0 Å². The molecule has 0 spiro atoms. The number of anilines is 1. The number of aromatic nitrogens is 1. The molecule has 0 aliphatic carbocycles. The predicted octanol–water partition coefficient (Wildman–Crippen LogP) is 3.21. The van der Waals surface area contributed by atoms with Gasteiger partial charge in [0.2, 0.25) is 5.43 Å². The quantitative estimate of drug-likeness (QED) is 0.306. The van der Waals surface area contributed by atoms with Crippen molar-refractivity contribution in [3.63, 3.8) is 0 Å². The summed E-state index contributed by atoms with van der Waals surface area (Å²) >= 11 is 1.50. The third-order valence-electron chi connectivity index (χ3n) is 4.68. The van der Waals surface area contributed by atoms with Gasteiger partial charge in [-0.05, 0) is 56.0 Å². The molecule has 3 aromatic rings. The first kappa shape index (κ1) is 23.8. The molecule has 0 saturated carbocycles. The second-order valence-corrected chi connectivity index (χ2v) is 9.44. The number of carbonyl (C=O) groups is 1. The van der Waals surface area contributed by atoms with Gasteiger partial charge >= 0.3 is 0 Å². The highest BCUT2D eigenvalue weighted by atomic mass is 32.2. The highest BCUT2D eigenvalue weighted by molar-refractivity contribution is 7.98. The molecular formula is C22H25N3O5S2. The molecule has 0 fully saturated rings. The summed E-state index contributed by atoms with van der Waals surface area (Å²) in [7, 11) is -3.93. The number of pyridine rings is 1. The molecule has 32 heavy (non-hydrogen) atoms. The maximum Gasteiger partial charge on any atom is 0.261 e. The lowest BCUT2D eigenvalue weighted by Gasteiger charge is -2.10. The lowest BCUT2D eigenvalue weighted by molar-refractivity contribution is 0.0943. The van der Waals surface area contributed by atoms with E-state index in [0.29, 0.717) is 37.4 Å². The van der Waals surface area contributed by atoms with Crippen molar-refractivity contribution < 1.29 is 17.9 Å². The van der Waals surface area contributed by atoms with Crippen LogP contribution >= 0.6 is 11.8 Å². The molecule has 2 aromatic carbocycles. The monoisotopic (exact) mass is 475 g/mol. The molecule has 0 radical (unpaired) electrons. The van der Waals surface area contributed by atoms with Crippen LogP contribution in [0.15, 0.2) is 63.2 Å². The van der Waals surface area contributed by atoms with Crippen LogP contribution in [0.5, 0.6) is 0 Å². The highest BCUT2D eigenvalue weighted by Crippen LogP contribution is 2.23. The Balaban J connectivity index is 1.86. The Bertz CT molecular complexity index is 1270. The number of aromatic amines is 1. The van der Waals surface area contributed by atoms with Gasteiger partial charge < -0.3 is 15.0 Å². The van der Waals surface area contributed by atoms with Gasteiger partial charge in [-0.1, -0.05) is 6.07 Å². The fourth-order valence-electron chi connectivity index (χ4n) is 3.05. The molecular weight excluding hydrogens is 450 g/mol. The van der Waals surface area contributed by atoms with Crippen LogP contribution in [0.4, 0.5) is 5.69 Å². The average Bonchev–Trinajstić information content (AvgIpc) is 2.78. The van der Waals surface area contributed by atoms with Crippen LogP contribution in [-0.2, 0) is 14.8 Å². The number of nitrogens with one attached hydrogen (secondary N) is 3. The molecule has 170 valence electrons. The third-order valence-corrected chi connectivity index (χ3v) is 6.79. The van der Waals surface area contributed by atoms with Crippen LogP contribution in [0.3, 0.4) is 0 Å². The molecule has 0 aliphatic heterocycles.